The van der Waals surface area contributed by atoms with Gasteiger partial charge in [-0.15, -0.1) is 12.4 Å². The van der Waals surface area contributed by atoms with E-state index in [2.05, 4.69) is 39.5 Å². The fraction of sp³-hybridized carbons (Fsp3) is 0.542. The fourth-order valence-electron chi connectivity index (χ4n) is 5.34. The van der Waals surface area contributed by atoms with Crippen molar-refractivity contribution in [3.8, 4) is 5.75 Å². The summed E-state index contributed by atoms with van der Waals surface area (Å²) in [6.07, 6.45) is 7.01. The molecule has 2 aromatic rings. The lowest BCUT2D eigenvalue weighted by atomic mass is 9.63. The first-order valence-electron chi connectivity index (χ1n) is 11.2. The van der Waals surface area contributed by atoms with Crippen molar-refractivity contribution in [3.05, 3.63) is 59.4 Å². The third-order valence-electron chi connectivity index (χ3n) is 7.05. The topological polar surface area (TPSA) is 71.5 Å². The van der Waals surface area contributed by atoms with Crippen molar-refractivity contribution in [1.29, 1.82) is 0 Å². The predicted molar refractivity (Wildman–Crippen MR) is 128 cm³/mol. The molecule has 0 amide bonds. The van der Waals surface area contributed by atoms with E-state index in [1.807, 2.05) is 18.3 Å². The molecule has 1 spiro atoms. The maximum absolute atomic E-state index is 12.0. The van der Waals surface area contributed by atoms with Gasteiger partial charge in [0, 0.05) is 62.1 Å². The molecule has 1 unspecified atom stereocenters. The quantitative estimate of drug-likeness (QED) is 0.660. The summed E-state index contributed by atoms with van der Waals surface area (Å²) in [5.74, 6) is 1.06. The average Bonchev–Trinajstić information content (AvgIpc) is 2.68. The summed E-state index contributed by atoms with van der Waals surface area (Å²) in [7, 11) is -3.06. The third kappa shape index (κ3) is 4.96. The van der Waals surface area contributed by atoms with Gasteiger partial charge in [0.2, 0.25) is 0 Å². The Morgan fingerprint density at radius 1 is 1.19 bits per heavy atom. The zero-order valence-corrected chi connectivity index (χ0v) is 20.1. The van der Waals surface area contributed by atoms with E-state index in [0.717, 1.165) is 62.4 Å². The maximum atomic E-state index is 12.0. The number of sulfone groups is 1. The first-order valence-corrected chi connectivity index (χ1v) is 13.3. The number of hydrogen-bond donors (Lipinski definition) is 1. The first-order chi connectivity index (χ1) is 14.9. The predicted octanol–water partition coefficient (Wildman–Crippen LogP) is 3.17. The number of aromatic nitrogens is 1. The van der Waals surface area contributed by atoms with E-state index in [0.29, 0.717) is 11.8 Å². The molecule has 1 aliphatic carbocycles. The van der Waals surface area contributed by atoms with E-state index < -0.39 is 9.84 Å². The van der Waals surface area contributed by atoms with Crippen LogP contribution >= 0.6 is 12.4 Å². The van der Waals surface area contributed by atoms with Crippen molar-refractivity contribution < 1.29 is 13.2 Å². The van der Waals surface area contributed by atoms with E-state index >= 15 is 0 Å². The van der Waals surface area contributed by atoms with E-state index in [-0.39, 0.29) is 30.3 Å². The van der Waals surface area contributed by atoms with Crippen LogP contribution in [0.2, 0.25) is 0 Å². The molecule has 8 heteroatoms. The number of hydrogen-bond acceptors (Lipinski definition) is 6. The molecule has 5 rings (SSSR count). The minimum Gasteiger partial charge on any atom is -0.490 e. The molecule has 3 heterocycles. The normalized spacial score (nSPS) is 22.3. The van der Waals surface area contributed by atoms with Crippen molar-refractivity contribution in [2.45, 2.75) is 44.4 Å². The summed E-state index contributed by atoms with van der Waals surface area (Å²) < 4.78 is 30.5. The van der Waals surface area contributed by atoms with Crippen LogP contribution in [-0.2, 0) is 22.8 Å². The number of rotatable bonds is 7. The standard InChI is InChI=1S/C24H31N3O3S.ClH/c1-31(28,29)12-9-21-23-20(8-11-27(21)15-18-5-3-2-4-6-18)26-10-7-22(23)30-19-13-24(14-19)16-25-17-24;/h2-7,10,19,21,25H,8-9,11-17H2,1H3;1H. The number of ether oxygens (including phenoxy) is 1. The van der Waals surface area contributed by atoms with Crippen LogP contribution in [0.3, 0.4) is 0 Å². The monoisotopic (exact) mass is 477 g/mol. The Morgan fingerprint density at radius 2 is 1.94 bits per heavy atom. The summed E-state index contributed by atoms with van der Waals surface area (Å²) in [5, 5.41) is 3.38. The highest BCUT2D eigenvalue weighted by atomic mass is 35.5. The lowest BCUT2D eigenvalue weighted by molar-refractivity contribution is -0.0506. The molecule has 1 saturated heterocycles. The molecule has 6 nitrogen and oxygen atoms in total. The Morgan fingerprint density at radius 3 is 2.59 bits per heavy atom. The van der Waals surface area contributed by atoms with Gasteiger partial charge in [0.25, 0.3) is 0 Å². The van der Waals surface area contributed by atoms with Gasteiger partial charge in [-0.25, -0.2) is 8.42 Å². The van der Waals surface area contributed by atoms with Crippen LogP contribution < -0.4 is 10.1 Å². The fourth-order valence-corrected chi connectivity index (χ4v) is 5.99. The van der Waals surface area contributed by atoms with E-state index in [9.17, 15) is 8.42 Å². The van der Waals surface area contributed by atoms with Gasteiger partial charge >= 0.3 is 0 Å². The van der Waals surface area contributed by atoms with Gasteiger partial charge in [0.05, 0.1) is 17.6 Å². The summed E-state index contributed by atoms with van der Waals surface area (Å²) in [6, 6.07) is 12.3. The van der Waals surface area contributed by atoms with Gasteiger partial charge in [0.1, 0.15) is 15.6 Å². The molecule has 2 aliphatic heterocycles. The number of nitrogens with zero attached hydrogens (tertiary/aromatic N) is 2. The second-order valence-corrected chi connectivity index (χ2v) is 11.8. The zero-order valence-electron chi connectivity index (χ0n) is 18.5. The summed E-state index contributed by atoms with van der Waals surface area (Å²) >= 11 is 0. The SMILES string of the molecule is CS(=O)(=O)CCC1c2c(OC3CC4(CNC4)C3)ccnc2CCN1Cc1ccccc1.Cl. The third-order valence-corrected chi connectivity index (χ3v) is 8.03. The molecule has 1 aromatic carbocycles. The van der Waals surface area contributed by atoms with Gasteiger partial charge in [0.15, 0.2) is 0 Å². The van der Waals surface area contributed by atoms with Crippen LogP contribution in [0.25, 0.3) is 0 Å². The molecule has 32 heavy (non-hydrogen) atoms. The Hall–Kier alpha value is -1.67. The molecule has 174 valence electrons. The van der Waals surface area contributed by atoms with Gasteiger partial charge in [-0.2, -0.15) is 0 Å². The van der Waals surface area contributed by atoms with E-state index in [4.69, 9.17) is 4.74 Å². The molecule has 1 atom stereocenters. The van der Waals surface area contributed by atoms with Crippen molar-refractivity contribution in [2.75, 3.05) is 31.6 Å². The van der Waals surface area contributed by atoms with Gasteiger partial charge < -0.3 is 10.1 Å². The van der Waals surface area contributed by atoms with Crippen molar-refractivity contribution in [1.82, 2.24) is 15.2 Å². The minimum absolute atomic E-state index is 0. The van der Waals surface area contributed by atoms with Crippen LogP contribution in [0.15, 0.2) is 42.6 Å². The molecular formula is C24H32ClN3O3S. The highest BCUT2D eigenvalue weighted by Gasteiger charge is 2.50. The van der Waals surface area contributed by atoms with Crippen molar-refractivity contribution in [3.63, 3.8) is 0 Å². The second-order valence-electron chi connectivity index (χ2n) is 9.56. The molecule has 3 aliphatic rings. The molecular weight excluding hydrogens is 446 g/mol. The number of halogens is 1. The van der Waals surface area contributed by atoms with Gasteiger partial charge in [-0.3, -0.25) is 9.88 Å². The Labute approximate surface area is 197 Å². The molecule has 0 radical (unpaired) electrons. The van der Waals surface area contributed by atoms with Gasteiger partial charge in [-0.05, 0) is 30.9 Å². The second kappa shape index (κ2) is 9.29. The number of nitrogens with one attached hydrogen (secondary N) is 1. The maximum Gasteiger partial charge on any atom is 0.147 e. The van der Waals surface area contributed by atoms with Crippen LogP contribution in [0.1, 0.15) is 42.1 Å². The lowest BCUT2D eigenvalue weighted by Gasteiger charge is -2.54. The summed E-state index contributed by atoms with van der Waals surface area (Å²) in [4.78, 5) is 7.06. The Balaban J connectivity index is 0.00000245. The highest BCUT2D eigenvalue weighted by molar-refractivity contribution is 7.90. The summed E-state index contributed by atoms with van der Waals surface area (Å²) in [6.45, 7) is 3.86. The minimum atomic E-state index is -3.06. The lowest BCUT2D eigenvalue weighted by Crippen LogP contribution is -2.62. The molecule has 1 aromatic heterocycles. The zero-order chi connectivity index (χ0) is 21.5. The first kappa shape index (κ1) is 23.5. The van der Waals surface area contributed by atoms with E-state index in [1.54, 1.807) is 0 Å². The van der Waals surface area contributed by atoms with Crippen molar-refractivity contribution >= 4 is 22.2 Å². The number of pyridine rings is 1. The Bertz CT molecular complexity index is 1040. The number of fused-ring (bicyclic) bond motifs is 1. The van der Waals surface area contributed by atoms with Crippen LogP contribution in [0.4, 0.5) is 0 Å². The van der Waals surface area contributed by atoms with E-state index in [1.165, 1.54) is 11.8 Å². The highest BCUT2D eigenvalue weighted by Crippen LogP contribution is 2.47. The number of benzene rings is 1. The summed E-state index contributed by atoms with van der Waals surface area (Å²) in [5.41, 5.74) is 3.84. The smallest absolute Gasteiger partial charge is 0.147 e. The average molecular weight is 478 g/mol. The molecule has 1 saturated carbocycles. The van der Waals surface area contributed by atoms with Crippen LogP contribution in [-0.4, -0.2) is 56.0 Å². The van der Waals surface area contributed by atoms with Crippen molar-refractivity contribution in [2.24, 2.45) is 5.41 Å². The van der Waals surface area contributed by atoms with Gasteiger partial charge in [-0.1, -0.05) is 30.3 Å². The van der Waals surface area contributed by atoms with Crippen LogP contribution in [0.5, 0.6) is 5.75 Å². The largest absolute Gasteiger partial charge is 0.490 e. The molecule has 0 bridgehead atoms. The molecule has 2 fully saturated rings. The molecule has 1 N–H and O–H groups in total. The Kier molecular flexibility index (Phi) is 6.82. The van der Waals surface area contributed by atoms with Crippen LogP contribution in [0, 0.1) is 5.41 Å².